The molecule has 0 radical (unpaired) electrons. The van der Waals surface area contributed by atoms with Crippen molar-refractivity contribution in [2.24, 2.45) is 4.99 Å². The Hall–Kier alpha value is -0.920. The highest BCUT2D eigenvalue weighted by molar-refractivity contribution is 7.64. The van der Waals surface area contributed by atoms with E-state index in [1.807, 2.05) is 12.5 Å². The van der Waals surface area contributed by atoms with Crippen molar-refractivity contribution in [3.8, 4) is 5.40 Å². The Morgan fingerprint density at radius 2 is 2.23 bits per heavy atom. The molecule has 0 aromatic carbocycles. The minimum absolute atomic E-state index is 0.883. The Morgan fingerprint density at radius 1 is 1.62 bits per heavy atom. The maximum Gasteiger partial charge on any atom is 0.194 e. The molecule has 0 aliphatic carbocycles. The van der Waals surface area contributed by atoms with Crippen molar-refractivity contribution in [3.63, 3.8) is 0 Å². The van der Waals surface area contributed by atoms with Crippen LogP contribution in [-0.4, -0.2) is 24.4 Å². The highest BCUT2D eigenvalue weighted by atomic mass is 32.1. The molecule has 1 aliphatic heterocycles. The van der Waals surface area contributed by atoms with E-state index in [2.05, 4.69) is 37.8 Å². The van der Waals surface area contributed by atoms with Gasteiger partial charge in [-0.15, -0.1) is 0 Å². The zero-order chi connectivity index (χ0) is 10.2. The molecule has 3 nitrogen and oxygen atoms in total. The van der Waals surface area contributed by atoms with Crippen LogP contribution in [0.5, 0.6) is 0 Å². The zero-order valence-corrected chi connectivity index (χ0v) is 8.92. The van der Waals surface area contributed by atoms with Crippen molar-refractivity contribution in [2.75, 3.05) is 13.6 Å². The van der Waals surface area contributed by atoms with E-state index in [0.29, 0.717) is 0 Å². The number of hydrogen-bond donors (Lipinski definition) is 0. The molecule has 1 atom stereocenters. The van der Waals surface area contributed by atoms with Crippen LogP contribution < -0.4 is 0 Å². The standard InChI is InChI=1S/C8H15N2.CHNS/c1-3-4-6-10(2)7-5-9-8-10;2-1-3/h5,7-8H,3-4,6H2,1-2H3;3H/q+1;/p-1. The molecule has 0 fully saturated rings. The Kier molecular flexibility index (Phi) is 6.11. The fourth-order valence-corrected chi connectivity index (χ4v) is 1.05. The third kappa shape index (κ3) is 5.34. The number of nitriles is 1. The van der Waals surface area contributed by atoms with Crippen LogP contribution >= 0.6 is 0 Å². The first-order valence-corrected chi connectivity index (χ1v) is 4.67. The highest BCUT2D eigenvalue weighted by Gasteiger charge is 2.17. The van der Waals surface area contributed by atoms with Crippen molar-refractivity contribution < 1.29 is 4.48 Å². The molecule has 0 N–H and O–H groups in total. The third-order valence-corrected chi connectivity index (χ3v) is 1.82. The van der Waals surface area contributed by atoms with E-state index < -0.39 is 0 Å². The lowest BCUT2D eigenvalue weighted by atomic mass is 10.3. The van der Waals surface area contributed by atoms with Crippen LogP contribution in [0.3, 0.4) is 0 Å². The number of aliphatic imine (C=N–C) groups is 1. The van der Waals surface area contributed by atoms with Gasteiger partial charge in [0.25, 0.3) is 0 Å². The minimum Gasteiger partial charge on any atom is -0.696 e. The number of nitrogens with zero attached hydrogens (tertiary/aromatic N) is 3. The van der Waals surface area contributed by atoms with Gasteiger partial charge in [-0.05, 0) is 6.42 Å². The number of quaternary nitrogens is 1. The fourth-order valence-electron chi connectivity index (χ4n) is 1.05. The first kappa shape index (κ1) is 12.1. The van der Waals surface area contributed by atoms with Gasteiger partial charge in [-0.1, -0.05) is 18.7 Å². The molecule has 1 rings (SSSR count). The number of rotatable bonds is 3. The second-order valence-corrected chi connectivity index (χ2v) is 3.26. The van der Waals surface area contributed by atoms with Gasteiger partial charge in [-0.3, -0.25) is 4.48 Å². The summed E-state index contributed by atoms with van der Waals surface area (Å²) in [6.07, 6.45) is 8.50. The molecule has 72 valence electrons. The quantitative estimate of drug-likeness (QED) is 0.392. The number of unbranched alkanes of at least 4 members (excludes halogenated alkanes) is 1. The van der Waals surface area contributed by atoms with E-state index in [4.69, 9.17) is 5.26 Å². The largest absolute Gasteiger partial charge is 0.696 e. The third-order valence-electron chi connectivity index (χ3n) is 1.82. The molecule has 0 aromatic rings. The van der Waals surface area contributed by atoms with E-state index in [9.17, 15) is 0 Å². The number of hydrogen-bond acceptors (Lipinski definition) is 3. The van der Waals surface area contributed by atoms with Gasteiger partial charge in [0.05, 0.1) is 19.8 Å². The van der Waals surface area contributed by atoms with Crippen LogP contribution in [0.15, 0.2) is 17.4 Å². The SMILES string of the molecule is CCCC[N+]1(C)C=CN=C1.N#C[S-]. The van der Waals surface area contributed by atoms with Crippen molar-refractivity contribution in [2.45, 2.75) is 19.8 Å². The molecule has 1 unspecified atom stereocenters. The number of thiocyanates is 1. The summed E-state index contributed by atoms with van der Waals surface area (Å²) >= 11 is 3.70. The van der Waals surface area contributed by atoms with Crippen LogP contribution in [-0.2, 0) is 12.6 Å². The Balaban J connectivity index is 0.000000424. The summed E-state index contributed by atoms with van der Waals surface area (Å²) in [6.45, 7) is 3.39. The van der Waals surface area contributed by atoms with E-state index >= 15 is 0 Å². The van der Waals surface area contributed by atoms with E-state index in [0.717, 1.165) is 4.48 Å². The maximum atomic E-state index is 7.13. The second kappa shape index (κ2) is 6.58. The summed E-state index contributed by atoms with van der Waals surface area (Å²) in [6, 6.07) is 0. The fraction of sp³-hybridized carbons (Fsp3) is 0.556. The first-order chi connectivity index (χ1) is 6.18. The molecule has 0 aromatic heterocycles. The average molecular weight is 197 g/mol. The summed E-state index contributed by atoms with van der Waals surface area (Å²) in [5.74, 6) is 0. The van der Waals surface area contributed by atoms with Gasteiger partial charge in [0.1, 0.15) is 6.20 Å². The lowest BCUT2D eigenvalue weighted by Gasteiger charge is -2.20. The van der Waals surface area contributed by atoms with Gasteiger partial charge in [0, 0.05) is 0 Å². The Morgan fingerprint density at radius 3 is 2.62 bits per heavy atom. The van der Waals surface area contributed by atoms with Gasteiger partial charge < -0.3 is 12.6 Å². The van der Waals surface area contributed by atoms with E-state index in [-0.39, 0.29) is 0 Å². The van der Waals surface area contributed by atoms with Crippen LogP contribution in [0.2, 0.25) is 0 Å². The summed E-state index contributed by atoms with van der Waals surface area (Å²) in [7, 11) is 2.17. The summed E-state index contributed by atoms with van der Waals surface area (Å²) in [5.41, 5.74) is 0. The summed E-state index contributed by atoms with van der Waals surface area (Å²) in [4.78, 5) is 4.06. The van der Waals surface area contributed by atoms with Gasteiger partial charge in [0.2, 0.25) is 0 Å². The van der Waals surface area contributed by atoms with Crippen LogP contribution in [0.25, 0.3) is 0 Å². The van der Waals surface area contributed by atoms with Crippen LogP contribution in [0, 0.1) is 10.7 Å². The molecule has 0 bridgehead atoms. The van der Waals surface area contributed by atoms with Crippen molar-refractivity contribution in [3.05, 3.63) is 12.4 Å². The molecule has 0 saturated heterocycles. The molecule has 13 heavy (non-hydrogen) atoms. The highest BCUT2D eigenvalue weighted by Crippen LogP contribution is 2.08. The molecular formula is C9H15N3S. The molecular weight excluding hydrogens is 182 g/mol. The predicted octanol–water partition coefficient (Wildman–Crippen LogP) is 1.76. The molecule has 0 amide bonds. The first-order valence-electron chi connectivity index (χ1n) is 4.26. The minimum atomic E-state index is 0.883. The predicted molar refractivity (Wildman–Crippen MR) is 56.6 cm³/mol. The zero-order valence-electron chi connectivity index (χ0n) is 8.10. The Labute approximate surface area is 85.4 Å². The van der Waals surface area contributed by atoms with Gasteiger partial charge in [0.15, 0.2) is 6.34 Å². The van der Waals surface area contributed by atoms with Crippen LogP contribution in [0.4, 0.5) is 0 Å². The Bertz CT molecular complexity index is 216. The van der Waals surface area contributed by atoms with Gasteiger partial charge >= 0.3 is 0 Å². The summed E-state index contributed by atoms with van der Waals surface area (Å²) in [5, 5.41) is 8.47. The lowest BCUT2D eigenvalue weighted by Crippen LogP contribution is -2.35. The van der Waals surface area contributed by atoms with Crippen LogP contribution in [0.1, 0.15) is 19.8 Å². The lowest BCUT2D eigenvalue weighted by molar-refractivity contribution is -0.756. The molecule has 1 aliphatic rings. The maximum absolute atomic E-state index is 7.13. The smallest absolute Gasteiger partial charge is 0.194 e. The topological polar surface area (TPSA) is 36.1 Å². The molecule has 0 spiro atoms. The van der Waals surface area contributed by atoms with Gasteiger partial charge in [-0.2, -0.15) is 0 Å². The molecule has 4 heteroatoms. The normalized spacial score (nSPS) is 23.5. The van der Waals surface area contributed by atoms with E-state index in [1.54, 1.807) is 0 Å². The molecule has 0 saturated carbocycles. The van der Waals surface area contributed by atoms with Crippen molar-refractivity contribution in [1.82, 2.24) is 0 Å². The monoisotopic (exact) mass is 197 g/mol. The van der Waals surface area contributed by atoms with Crippen molar-refractivity contribution in [1.29, 1.82) is 5.26 Å². The summed E-state index contributed by atoms with van der Waals surface area (Å²) < 4.78 is 0.883. The average Bonchev–Trinajstić information content (AvgIpc) is 2.51. The second-order valence-electron chi connectivity index (χ2n) is 3.08. The van der Waals surface area contributed by atoms with Gasteiger partial charge in [-0.25, -0.2) is 10.3 Å². The molecule has 1 heterocycles. The van der Waals surface area contributed by atoms with Crippen molar-refractivity contribution >= 4 is 19.0 Å². The van der Waals surface area contributed by atoms with E-state index in [1.165, 1.54) is 24.8 Å².